The van der Waals surface area contributed by atoms with E-state index in [0.29, 0.717) is 5.69 Å². The Morgan fingerprint density at radius 3 is 2.70 bits per heavy atom. The fraction of sp³-hybridized carbons (Fsp3) is 0.267. The molecular weight excluding hydrogens is 272 g/mol. The number of hydrogen-bond acceptors (Lipinski definition) is 4. The van der Waals surface area contributed by atoms with E-state index >= 15 is 0 Å². The third-order valence-electron chi connectivity index (χ3n) is 2.99. The van der Waals surface area contributed by atoms with Gasteiger partial charge in [-0.1, -0.05) is 0 Å². The standard InChI is InChI=1S/C15H18N2O2S/c1-9-8-12(16)4-5-13(9)17-15(18)11(3)20-14-6-7-19-10(14)2/h4-8,11H,16H2,1-3H3,(H,17,18). The van der Waals surface area contributed by atoms with Crippen molar-refractivity contribution in [3.8, 4) is 0 Å². The fourth-order valence-corrected chi connectivity index (χ4v) is 2.70. The molecule has 0 spiro atoms. The summed E-state index contributed by atoms with van der Waals surface area (Å²) in [6, 6.07) is 7.32. The molecule has 0 aliphatic carbocycles. The number of carbonyl (C=O) groups excluding carboxylic acids is 1. The average Bonchev–Trinajstić information content (AvgIpc) is 2.78. The summed E-state index contributed by atoms with van der Waals surface area (Å²) in [7, 11) is 0. The lowest BCUT2D eigenvalue weighted by Crippen LogP contribution is -2.22. The molecular formula is C15H18N2O2S. The first-order valence-corrected chi connectivity index (χ1v) is 7.23. The van der Waals surface area contributed by atoms with Crippen molar-refractivity contribution in [2.24, 2.45) is 0 Å². The summed E-state index contributed by atoms with van der Waals surface area (Å²) in [4.78, 5) is 13.2. The van der Waals surface area contributed by atoms with Crippen LogP contribution in [0.5, 0.6) is 0 Å². The van der Waals surface area contributed by atoms with E-state index in [9.17, 15) is 4.79 Å². The number of nitrogen functional groups attached to an aromatic ring is 1. The van der Waals surface area contributed by atoms with Gasteiger partial charge in [0.2, 0.25) is 5.91 Å². The molecule has 1 unspecified atom stereocenters. The number of anilines is 2. The van der Waals surface area contributed by atoms with E-state index in [1.54, 1.807) is 12.3 Å². The molecule has 0 saturated carbocycles. The highest BCUT2D eigenvalue weighted by Crippen LogP contribution is 2.28. The number of rotatable bonds is 4. The van der Waals surface area contributed by atoms with Crippen molar-refractivity contribution in [3.63, 3.8) is 0 Å². The summed E-state index contributed by atoms with van der Waals surface area (Å²) in [6.45, 7) is 5.68. The second kappa shape index (κ2) is 6.05. The van der Waals surface area contributed by atoms with Gasteiger partial charge in [0.15, 0.2) is 0 Å². The summed E-state index contributed by atoms with van der Waals surface area (Å²) < 4.78 is 5.23. The van der Waals surface area contributed by atoms with E-state index in [4.69, 9.17) is 10.2 Å². The van der Waals surface area contributed by atoms with Gasteiger partial charge in [-0.25, -0.2) is 0 Å². The predicted molar refractivity (Wildman–Crippen MR) is 83.0 cm³/mol. The van der Waals surface area contributed by atoms with Gasteiger partial charge in [-0.3, -0.25) is 4.79 Å². The molecule has 1 aromatic carbocycles. The molecule has 4 nitrogen and oxygen atoms in total. The van der Waals surface area contributed by atoms with Crippen LogP contribution in [-0.4, -0.2) is 11.2 Å². The third kappa shape index (κ3) is 3.36. The molecule has 0 saturated heterocycles. The Kier molecular flexibility index (Phi) is 4.39. The highest BCUT2D eigenvalue weighted by Gasteiger charge is 2.17. The van der Waals surface area contributed by atoms with Gasteiger partial charge in [0.25, 0.3) is 0 Å². The van der Waals surface area contributed by atoms with E-state index in [1.807, 2.05) is 39.0 Å². The Morgan fingerprint density at radius 2 is 2.10 bits per heavy atom. The van der Waals surface area contributed by atoms with E-state index in [-0.39, 0.29) is 11.2 Å². The molecule has 0 aliphatic rings. The second-order valence-corrected chi connectivity index (χ2v) is 6.05. The van der Waals surface area contributed by atoms with Crippen molar-refractivity contribution >= 4 is 29.0 Å². The van der Waals surface area contributed by atoms with Crippen LogP contribution in [-0.2, 0) is 4.79 Å². The van der Waals surface area contributed by atoms with Crippen molar-refractivity contribution < 1.29 is 9.21 Å². The Hall–Kier alpha value is -1.88. The lowest BCUT2D eigenvalue weighted by Gasteiger charge is -2.13. The first-order chi connectivity index (χ1) is 9.47. The largest absolute Gasteiger partial charge is 0.468 e. The number of hydrogen-bond donors (Lipinski definition) is 2. The highest BCUT2D eigenvalue weighted by atomic mass is 32.2. The topological polar surface area (TPSA) is 68.3 Å². The maximum Gasteiger partial charge on any atom is 0.237 e. The van der Waals surface area contributed by atoms with E-state index in [1.165, 1.54) is 11.8 Å². The number of carbonyl (C=O) groups is 1. The fourth-order valence-electron chi connectivity index (χ4n) is 1.80. The van der Waals surface area contributed by atoms with Crippen LogP contribution in [0.25, 0.3) is 0 Å². The van der Waals surface area contributed by atoms with Gasteiger partial charge in [0, 0.05) is 16.3 Å². The van der Waals surface area contributed by atoms with Crippen molar-refractivity contribution in [1.29, 1.82) is 0 Å². The summed E-state index contributed by atoms with van der Waals surface area (Å²) in [6.07, 6.45) is 1.63. The van der Waals surface area contributed by atoms with Gasteiger partial charge < -0.3 is 15.5 Å². The normalized spacial score (nSPS) is 12.2. The van der Waals surface area contributed by atoms with Crippen LogP contribution in [0.3, 0.4) is 0 Å². The van der Waals surface area contributed by atoms with Gasteiger partial charge in [0.05, 0.1) is 11.5 Å². The number of amides is 1. The Bertz CT molecular complexity index is 622. The summed E-state index contributed by atoms with van der Waals surface area (Å²) in [5.41, 5.74) is 8.14. The average molecular weight is 290 g/mol. The zero-order valence-corrected chi connectivity index (χ0v) is 12.6. The molecule has 1 heterocycles. The van der Waals surface area contributed by atoms with Crippen LogP contribution < -0.4 is 11.1 Å². The minimum Gasteiger partial charge on any atom is -0.468 e. The van der Waals surface area contributed by atoms with Crippen molar-refractivity contribution in [2.45, 2.75) is 30.9 Å². The van der Waals surface area contributed by atoms with Gasteiger partial charge >= 0.3 is 0 Å². The lowest BCUT2D eigenvalue weighted by atomic mass is 10.2. The Morgan fingerprint density at radius 1 is 1.35 bits per heavy atom. The number of aryl methyl sites for hydroxylation is 2. The molecule has 20 heavy (non-hydrogen) atoms. The van der Waals surface area contributed by atoms with Gasteiger partial charge in [-0.15, -0.1) is 11.8 Å². The molecule has 3 N–H and O–H groups in total. The van der Waals surface area contributed by atoms with E-state index in [0.717, 1.165) is 21.9 Å². The molecule has 0 radical (unpaired) electrons. The molecule has 106 valence electrons. The zero-order valence-electron chi connectivity index (χ0n) is 11.8. The Balaban J connectivity index is 2.02. The first-order valence-electron chi connectivity index (χ1n) is 6.35. The number of nitrogens with one attached hydrogen (secondary N) is 1. The minimum absolute atomic E-state index is 0.0385. The maximum atomic E-state index is 12.2. The highest BCUT2D eigenvalue weighted by molar-refractivity contribution is 8.00. The van der Waals surface area contributed by atoms with Crippen LogP contribution in [0.1, 0.15) is 18.2 Å². The molecule has 1 aromatic heterocycles. The van der Waals surface area contributed by atoms with Crippen molar-refractivity contribution in [3.05, 3.63) is 41.9 Å². The van der Waals surface area contributed by atoms with Gasteiger partial charge in [0.1, 0.15) is 5.76 Å². The van der Waals surface area contributed by atoms with Crippen molar-refractivity contribution in [1.82, 2.24) is 0 Å². The Labute approximate surface area is 122 Å². The quantitative estimate of drug-likeness (QED) is 0.667. The molecule has 5 heteroatoms. The molecule has 0 fully saturated rings. The summed E-state index contributed by atoms with van der Waals surface area (Å²) in [5, 5.41) is 2.72. The van der Waals surface area contributed by atoms with Gasteiger partial charge in [-0.05, 0) is 50.6 Å². The molecule has 1 amide bonds. The third-order valence-corrected chi connectivity index (χ3v) is 4.24. The van der Waals surface area contributed by atoms with Crippen LogP contribution in [0.2, 0.25) is 0 Å². The lowest BCUT2D eigenvalue weighted by molar-refractivity contribution is -0.115. The minimum atomic E-state index is -0.205. The number of furan rings is 1. The van der Waals surface area contributed by atoms with Crippen LogP contribution >= 0.6 is 11.8 Å². The number of thioether (sulfide) groups is 1. The maximum absolute atomic E-state index is 12.2. The van der Waals surface area contributed by atoms with Crippen LogP contribution in [0, 0.1) is 13.8 Å². The van der Waals surface area contributed by atoms with Crippen LogP contribution in [0.15, 0.2) is 39.8 Å². The van der Waals surface area contributed by atoms with E-state index in [2.05, 4.69) is 5.32 Å². The molecule has 0 bridgehead atoms. The molecule has 1 atom stereocenters. The molecule has 2 rings (SSSR count). The summed E-state index contributed by atoms with van der Waals surface area (Å²) >= 11 is 1.48. The second-order valence-electron chi connectivity index (χ2n) is 4.66. The molecule has 2 aromatic rings. The monoisotopic (exact) mass is 290 g/mol. The smallest absolute Gasteiger partial charge is 0.237 e. The SMILES string of the molecule is Cc1cc(N)ccc1NC(=O)C(C)Sc1ccoc1C. The van der Waals surface area contributed by atoms with Gasteiger partial charge in [-0.2, -0.15) is 0 Å². The summed E-state index contributed by atoms with van der Waals surface area (Å²) in [5.74, 6) is 0.793. The number of nitrogens with two attached hydrogens (primary N) is 1. The first kappa shape index (κ1) is 14.5. The molecule has 0 aliphatic heterocycles. The zero-order chi connectivity index (χ0) is 14.7. The van der Waals surface area contributed by atoms with E-state index < -0.39 is 0 Å². The van der Waals surface area contributed by atoms with Crippen LogP contribution in [0.4, 0.5) is 11.4 Å². The predicted octanol–water partition coefficient (Wildman–Crippen LogP) is 3.60. The number of benzene rings is 1. The van der Waals surface area contributed by atoms with Crippen molar-refractivity contribution in [2.75, 3.05) is 11.1 Å².